The zero-order valence-electron chi connectivity index (χ0n) is 14.9. The van der Waals surface area contributed by atoms with Crippen molar-refractivity contribution in [2.45, 2.75) is 32.1 Å². The van der Waals surface area contributed by atoms with Gasteiger partial charge in [0.1, 0.15) is 12.1 Å². The Morgan fingerprint density at radius 1 is 1.12 bits per heavy atom. The van der Waals surface area contributed by atoms with Crippen molar-refractivity contribution in [1.29, 1.82) is 0 Å². The van der Waals surface area contributed by atoms with Crippen molar-refractivity contribution in [1.82, 2.24) is 24.6 Å². The van der Waals surface area contributed by atoms with Gasteiger partial charge in [0.15, 0.2) is 5.65 Å². The van der Waals surface area contributed by atoms with Gasteiger partial charge in [-0.05, 0) is 19.4 Å². The molecule has 0 radical (unpaired) electrons. The van der Waals surface area contributed by atoms with Crippen LogP contribution in [0.15, 0.2) is 12.5 Å². The van der Waals surface area contributed by atoms with Crippen molar-refractivity contribution >= 4 is 22.8 Å². The van der Waals surface area contributed by atoms with Crippen molar-refractivity contribution in [3.05, 3.63) is 12.5 Å². The number of fused-ring (bicyclic) bond motifs is 1. The molecule has 1 aliphatic rings. The van der Waals surface area contributed by atoms with E-state index in [2.05, 4.69) is 20.0 Å². The molecule has 0 aromatic carbocycles. The van der Waals surface area contributed by atoms with Gasteiger partial charge in [-0.25, -0.2) is 9.97 Å². The predicted molar refractivity (Wildman–Crippen MR) is 97.2 cm³/mol. The van der Waals surface area contributed by atoms with E-state index < -0.39 is 0 Å². The minimum atomic E-state index is 0.265. The zero-order chi connectivity index (χ0) is 17.6. The third kappa shape index (κ3) is 4.07. The molecule has 8 heteroatoms. The first-order valence-corrected chi connectivity index (χ1v) is 9.06. The molecule has 2 N–H and O–H groups in total. The average molecular weight is 345 g/mol. The first-order valence-electron chi connectivity index (χ1n) is 9.06. The van der Waals surface area contributed by atoms with E-state index in [0.29, 0.717) is 6.42 Å². The second kappa shape index (κ2) is 8.24. The van der Waals surface area contributed by atoms with Crippen LogP contribution in [0.4, 0.5) is 5.82 Å². The van der Waals surface area contributed by atoms with Crippen LogP contribution in [0.2, 0.25) is 0 Å². The number of hydrogen-bond donors (Lipinski definition) is 1. The number of nitrogens with zero attached hydrogens (tertiary/aromatic N) is 6. The smallest absolute Gasteiger partial charge is 0.222 e. The van der Waals surface area contributed by atoms with Gasteiger partial charge >= 0.3 is 0 Å². The number of rotatable bonds is 7. The number of nitrogens with two attached hydrogens (primary N) is 1. The minimum Gasteiger partial charge on any atom is -0.352 e. The van der Waals surface area contributed by atoms with E-state index in [-0.39, 0.29) is 5.91 Å². The van der Waals surface area contributed by atoms with E-state index in [1.165, 1.54) is 0 Å². The third-order valence-electron chi connectivity index (χ3n) is 4.79. The van der Waals surface area contributed by atoms with E-state index in [1.54, 1.807) is 11.0 Å². The number of piperazine rings is 1. The molecule has 8 nitrogen and oxygen atoms in total. The summed E-state index contributed by atoms with van der Waals surface area (Å²) in [4.78, 5) is 25.3. The molecule has 136 valence electrons. The quantitative estimate of drug-likeness (QED) is 0.750. The van der Waals surface area contributed by atoms with Crippen LogP contribution in [0.3, 0.4) is 0 Å². The molecule has 0 atom stereocenters. The average Bonchev–Trinajstić information content (AvgIpc) is 3.03. The van der Waals surface area contributed by atoms with Crippen LogP contribution in [-0.4, -0.2) is 63.3 Å². The molecule has 3 heterocycles. The van der Waals surface area contributed by atoms with Gasteiger partial charge in [0.05, 0.1) is 11.6 Å². The molecule has 1 saturated heterocycles. The molecule has 0 bridgehead atoms. The van der Waals surface area contributed by atoms with Crippen LogP contribution in [0.1, 0.15) is 32.1 Å². The summed E-state index contributed by atoms with van der Waals surface area (Å²) in [6.07, 6.45) is 8.25. The molecule has 0 spiro atoms. The number of unbranched alkanes of at least 4 members (excludes halogenated alkanes) is 3. The van der Waals surface area contributed by atoms with Crippen molar-refractivity contribution in [2.24, 2.45) is 12.8 Å². The Morgan fingerprint density at radius 2 is 1.88 bits per heavy atom. The van der Waals surface area contributed by atoms with E-state index in [9.17, 15) is 4.79 Å². The Bertz CT molecular complexity index is 706. The molecule has 2 aromatic rings. The van der Waals surface area contributed by atoms with E-state index in [4.69, 9.17) is 5.73 Å². The molecule has 2 aromatic heterocycles. The van der Waals surface area contributed by atoms with Gasteiger partial charge in [-0.3, -0.25) is 9.48 Å². The summed E-state index contributed by atoms with van der Waals surface area (Å²) in [5.41, 5.74) is 6.32. The van der Waals surface area contributed by atoms with Crippen molar-refractivity contribution < 1.29 is 4.79 Å². The van der Waals surface area contributed by atoms with E-state index in [1.807, 2.05) is 18.1 Å². The fourth-order valence-electron chi connectivity index (χ4n) is 3.30. The normalized spacial score (nSPS) is 15.1. The van der Waals surface area contributed by atoms with Crippen LogP contribution in [0, 0.1) is 0 Å². The molecule has 25 heavy (non-hydrogen) atoms. The topological polar surface area (TPSA) is 93.2 Å². The van der Waals surface area contributed by atoms with Crippen molar-refractivity contribution in [3.63, 3.8) is 0 Å². The van der Waals surface area contributed by atoms with Gasteiger partial charge in [0.25, 0.3) is 0 Å². The lowest BCUT2D eigenvalue weighted by Gasteiger charge is -2.35. The molecular weight excluding hydrogens is 318 g/mol. The monoisotopic (exact) mass is 345 g/mol. The number of hydrogen-bond acceptors (Lipinski definition) is 6. The van der Waals surface area contributed by atoms with Crippen LogP contribution in [-0.2, 0) is 11.8 Å². The summed E-state index contributed by atoms with van der Waals surface area (Å²) in [5, 5.41) is 5.23. The summed E-state index contributed by atoms with van der Waals surface area (Å²) in [6, 6.07) is 0. The molecule has 3 rings (SSSR count). The minimum absolute atomic E-state index is 0.265. The maximum absolute atomic E-state index is 12.3. The highest BCUT2D eigenvalue weighted by molar-refractivity contribution is 5.86. The second-order valence-corrected chi connectivity index (χ2v) is 6.52. The Hall–Kier alpha value is -2.22. The summed E-state index contributed by atoms with van der Waals surface area (Å²) < 4.78 is 1.75. The maximum atomic E-state index is 12.3. The molecule has 0 unspecified atom stereocenters. The second-order valence-electron chi connectivity index (χ2n) is 6.52. The summed E-state index contributed by atoms with van der Waals surface area (Å²) in [5.74, 6) is 1.17. The fraction of sp³-hybridized carbons (Fsp3) is 0.647. The van der Waals surface area contributed by atoms with E-state index >= 15 is 0 Å². The third-order valence-corrected chi connectivity index (χ3v) is 4.79. The fourth-order valence-corrected chi connectivity index (χ4v) is 3.30. The number of carbonyl (C=O) groups excluding carboxylic acids is 1. The Balaban J connectivity index is 1.52. The number of carbonyl (C=O) groups is 1. The number of anilines is 1. The summed E-state index contributed by atoms with van der Waals surface area (Å²) >= 11 is 0. The first-order chi connectivity index (χ1) is 12.2. The maximum Gasteiger partial charge on any atom is 0.222 e. The molecule has 1 aliphatic heterocycles. The van der Waals surface area contributed by atoms with Crippen LogP contribution in [0.5, 0.6) is 0 Å². The number of amides is 1. The lowest BCUT2D eigenvalue weighted by Crippen LogP contribution is -2.49. The summed E-state index contributed by atoms with van der Waals surface area (Å²) in [7, 11) is 1.88. The van der Waals surface area contributed by atoms with Gasteiger partial charge in [0, 0.05) is 39.6 Å². The van der Waals surface area contributed by atoms with Gasteiger partial charge < -0.3 is 15.5 Å². The van der Waals surface area contributed by atoms with Crippen molar-refractivity contribution in [2.75, 3.05) is 37.6 Å². The van der Waals surface area contributed by atoms with Crippen molar-refractivity contribution in [3.8, 4) is 0 Å². The largest absolute Gasteiger partial charge is 0.352 e. The standard InChI is InChI=1S/C17H27N7O/c1-22-16-14(12-21-22)17(20-13-19-16)24-10-8-23(9-11-24)15(25)6-4-2-3-5-7-18/h12-13H,2-11,18H2,1H3. The predicted octanol–water partition coefficient (Wildman–Crippen LogP) is 0.921. The van der Waals surface area contributed by atoms with Gasteiger partial charge in [-0.2, -0.15) is 5.10 Å². The summed E-state index contributed by atoms with van der Waals surface area (Å²) in [6.45, 7) is 3.81. The number of aromatic nitrogens is 4. The highest BCUT2D eigenvalue weighted by Gasteiger charge is 2.23. The van der Waals surface area contributed by atoms with Gasteiger partial charge in [-0.1, -0.05) is 12.8 Å². The highest BCUT2D eigenvalue weighted by atomic mass is 16.2. The Morgan fingerprint density at radius 3 is 2.64 bits per heavy atom. The van der Waals surface area contributed by atoms with Crippen LogP contribution in [0.25, 0.3) is 11.0 Å². The van der Waals surface area contributed by atoms with Gasteiger partial charge in [-0.15, -0.1) is 0 Å². The highest BCUT2D eigenvalue weighted by Crippen LogP contribution is 2.23. The first kappa shape index (κ1) is 17.6. The Labute approximate surface area is 148 Å². The molecule has 1 amide bonds. The van der Waals surface area contributed by atoms with Crippen LogP contribution < -0.4 is 10.6 Å². The van der Waals surface area contributed by atoms with Gasteiger partial charge in [0.2, 0.25) is 5.91 Å². The lowest BCUT2D eigenvalue weighted by molar-refractivity contribution is -0.131. The molecule has 1 fully saturated rings. The SMILES string of the molecule is Cn1ncc2c(N3CCN(C(=O)CCCCCCN)CC3)ncnc21. The van der Waals surface area contributed by atoms with E-state index in [0.717, 1.165) is 75.3 Å². The lowest BCUT2D eigenvalue weighted by atomic mass is 10.1. The van der Waals surface area contributed by atoms with Crippen LogP contribution >= 0.6 is 0 Å². The molecular formula is C17H27N7O. The number of aryl methyl sites for hydroxylation is 1. The zero-order valence-corrected chi connectivity index (χ0v) is 14.9. The molecule has 0 saturated carbocycles. The molecule has 0 aliphatic carbocycles. The Kier molecular flexibility index (Phi) is 5.80.